The van der Waals surface area contributed by atoms with E-state index in [1.54, 1.807) is 0 Å². The molecule has 0 aliphatic rings. The van der Waals surface area contributed by atoms with Crippen molar-refractivity contribution in [3.63, 3.8) is 0 Å². The molecule has 0 spiro atoms. The molecule has 2 aromatic heterocycles. The molecule has 0 aliphatic carbocycles. The zero-order valence-electron chi connectivity index (χ0n) is 17.1. The Morgan fingerprint density at radius 2 is 1.79 bits per heavy atom. The minimum Gasteiger partial charge on any atom is -0.455 e. The quantitative estimate of drug-likeness (QED) is 0.431. The number of furan rings is 1. The predicted molar refractivity (Wildman–Crippen MR) is 113 cm³/mol. The van der Waals surface area contributed by atoms with Crippen LogP contribution in [0, 0.1) is 31.1 Å². The summed E-state index contributed by atoms with van der Waals surface area (Å²) in [5, 5.41) is 11.4. The van der Waals surface area contributed by atoms with E-state index in [1.807, 2.05) is 18.2 Å². The van der Waals surface area contributed by atoms with Crippen LogP contribution >= 0.6 is 0 Å². The molecule has 0 aliphatic heterocycles. The van der Waals surface area contributed by atoms with E-state index in [2.05, 4.69) is 69.8 Å². The summed E-state index contributed by atoms with van der Waals surface area (Å²) in [6.07, 6.45) is 3.27. The Kier molecular flexibility index (Phi) is 4.43. The molecule has 0 fully saturated rings. The molecule has 0 atom stereocenters. The molecular formula is C25H25N2O+. The molecule has 0 amide bonds. The number of nitrogens with zero attached hydrogens (tertiary/aromatic N) is 2. The van der Waals surface area contributed by atoms with Gasteiger partial charge >= 0.3 is 0 Å². The fourth-order valence-electron chi connectivity index (χ4n) is 4.06. The number of benzene rings is 2. The molecule has 0 saturated carbocycles. The molecule has 3 nitrogen and oxygen atoms in total. The highest BCUT2D eigenvalue weighted by atomic mass is 16.3. The number of aromatic nitrogens is 1. The average Bonchev–Trinajstić information content (AvgIpc) is 3.01. The summed E-state index contributed by atoms with van der Waals surface area (Å²) < 4.78 is 8.49. The van der Waals surface area contributed by atoms with Gasteiger partial charge in [0.2, 0.25) is 5.69 Å². The van der Waals surface area contributed by atoms with Crippen LogP contribution in [0.3, 0.4) is 0 Å². The van der Waals surface area contributed by atoms with E-state index in [4.69, 9.17) is 4.42 Å². The molecule has 4 rings (SSSR count). The number of aryl methyl sites for hydroxylation is 3. The van der Waals surface area contributed by atoms with E-state index in [0.29, 0.717) is 11.5 Å². The molecule has 28 heavy (non-hydrogen) atoms. The molecule has 0 radical (unpaired) electrons. The lowest BCUT2D eigenvalue weighted by atomic mass is 9.95. The summed E-state index contributed by atoms with van der Waals surface area (Å²) in [5.41, 5.74) is 8.42. The maximum Gasteiger partial charge on any atom is 0.216 e. The SMILES string of the molecule is Cc1c[n+](C)c(-c2c(C)ccc3c2oc2cc(C#N)ccc23)cc1CC(C)C. The van der Waals surface area contributed by atoms with E-state index in [-0.39, 0.29) is 0 Å². The maximum atomic E-state index is 9.22. The number of hydrogen-bond donors (Lipinski definition) is 0. The standard InChI is InChI=1S/C25H25N2O/c1-15(2)10-19-12-22(27(5)14-17(19)4)24-16(3)6-8-21-20-9-7-18(13-26)11-23(20)28-25(21)24/h6-9,11-12,14-15H,10H2,1-5H3/q+1. The van der Waals surface area contributed by atoms with E-state index in [0.717, 1.165) is 39.6 Å². The van der Waals surface area contributed by atoms with E-state index >= 15 is 0 Å². The lowest BCUT2D eigenvalue weighted by Gasteiger charge is -2.11. The van der Waals surface area contributed by atoms with Gasteiger partial charge in [0.1, 0.15) is 18.2 Å². The minimum absolute atomic E-state index is 0.603. The zero-order chi connectivity index (χ0) is 20.0. The van der Waals surface area contributed by atoms with E-state index in [9.17, 15) is 5.26 Å². The van der Waals surface area contributed by atoms with Crippen molar-refractivity contribution in [1.29, 1.82) is 5.26 Å². The van der Waals surface area contributed by atoms with E-state index in [1.165, 1.54) is 16.7 Å². The van der Waals surface area contributed by atoms with Crippen LogP contribution in [0.4, 0.5) is 0 Å². The lowest BCUT2D eigenvalue weighted by Crippen LogP contribution is -2.32. The number of nitriles is 1. The van der Waals surface area contributed by atoms with Crippen LogP contribution < -0.4 is 4.57 Å². The Morgan fingerprint density at radius 3 is 2.50 bits per heavy atom. The van der Waals surface area contributed by atoms with Crippen LogP contribution in [0.1, 0.15) is 36.1 Å². The van der Waals surface area contributed by atoms with Gasteiger partial charge in [-0.1, -0.05) is 26.0 Å². The van der Waals surface area contributed by atoms with Crippen LogP contribution in [-0.4, -0.2) is 0 Å². The molecule has 0 unspecified atom stereocenters. The Morgan fingerprint density at radius 1 is 1.04 bits per heavy atom. The largest absolute Gasteiger partial charge is 0.455 e. The maximum absolute atomic E-state index is 9.22. The third kappa shape index (κ3) is 2.96. The Bertz CT molecular complexity index is 1260. The van der Waals surface area contributed by atoms with E-state index < -0.39 is 0 Å². The van der Waals surface area contributed by atoms with Gasteiger partial charge in [-0.3, -0.25) is 0 Å². The summed E-state index contributed by atoms with van der Waals surface area (Å²) in [6, 6.07) is 14.5. The van der Waals surface area contributed by atoms with Crippen LogP contribution in [0.5, 0.6) is 0 Å². The summed E-state index contributed by atoms with van der Waals surface area (Å²) in [7, 11) is 2.09. The van der Waals surface area contributed by atoms with Crippen LogP contribution in [0.25, 0.3) is 33.2 Å². The third-order valence-electron chi connectivity index (χ3n) is 5.45. The smallest absolute Gasteiger partial charge is 0.216 e. The second kappa shape index (κ2) is 6.80. The number of rotatable bonds is 3. The van der Waals surface area contributed by atoms with Gasteiger partial charge in [0, 0.05) is 22.4 Å². The topological polar surface area (TPSA) is 40.8 Å². The predicted octanol–water partition coefficient (Wildman–Crippen LogP) is 5.76. The molecule has 2 heterocycles. The molecule has 140 valence electrons. The highest BCUT2D eigenvalue weighted by Gasteiger charge is 2.22. The fourth-order valence-corrected chi connectivity index (χ4v) is 4.06. The molecule has 0 N–H and O–H groups in total. The van der Waals surface area contributed by atoms with Crippen LogP contribution in [-0.2, 0) is 13.5 Å². The molecule has 2 aromatic carbocycles. The van der Waals surface area contributed by atoms with Gasteiger partial charge in [0.15, 0.2) is 6.20 Å². The van der Waals surface area contributed by atoms with Crippen molar-refractivity contribution in [1.82, 2.24) is 0 Å². The summed E-state index contributed by atoms with van der Waals surface area (Å²) in [5.74, 6) is 0.603. The van der Waals surface area contributed by atoms with Crippen molar-refractivity contribution < 1.29 is 8.98 Å². The Hall–Kier alpha value is -3.12. The van der Waals surface area contributed by atoms with Crippen molar-refractivity contribution in [2.75, 3.05) is 0 Å². The average molecular weight is 369 g/mol. The van der Waals surface area contributed by atoms with Crippen molar-refractivity contribution >= 4 is 21.9 Å². The molecule has 4 aromatic rings. The van der Waals surface area contributed by atoms with Gasteiger partial charge in [-0.2, -0.15) is 5.26 Å². The third-order valence-corrected chi connectivity index (χ3v) is 5.45. The normalized spacial score (nSPS) is 11.5. The van der Waals surface area contributed by atoms with Crippen molar-refractivity contribution in [3.8, 4) is 17.3 Å². The minimum atomic E-state index is 0.603. The summed E-state index contributed by atoms with van der Waals surface area (Å²) >= 11 is 0. The van der Waals surface area contributed by atoms with Gasteiger partial charge in [-0.25, -0.2) is 4.57 Å². The molecule has 0 bridgehead atoms. The lowest BCUT2D eigenvalue weighted by molar-refractivity contribution is -0.660. The number of fused-ring (bicyclic) bond motifs is 3. The van der Waals surface area contributed by atoms with Crippen molar-refractivity contribution in [3.05, 3.63) is 64.8 Å². The van der Waals surface area contributed by atoms with Gasteiger partial charge in [0.05, 0.1) is 17.2 Å². The molecular weight excluding hydrogens is 344 g/mol. The first-order chi connectivity index (χ1) is 13.4. The monoisotopic (exact) mass is 369 g/mol. The second-order valence-electron chi connectivity index (χ2n) is 8.13. The Balaban J connectivity index is 2.03. The van der Waals surface area contributed by atoms with Crippen molar-refractivity contribution in [2.24, 2.45) is 13.0 Å². The first kappa shape index (κ1) is 18.3. The zero-order valence-corrected chi connectivity index (χ0v) is 17.1. The first-order valence-electron chi connectivity index (χ1n) is 9.74. The van der Waals surface area contributed by atoms with Gasteiger partial charge in [-0.15, -0.1) is 0 Å². The van der Waals surface area contributed by atoms with Gasteiger partial charge in [0.25, 0.3) is 0 Å². The highest BCUT2D eigenvalue weighted by Crippen LogP contribution is 2.37. The van der Waals surface area contributed by atoms with Gasteiger partial charge < -0.3 is 4.42 Å². The van der Waals surface area contributed by atoms with Crippen LogP contribution in [0.2, 0.25) is 0 Å². The number of hydrogen-bond acceptors (Lipinski definition) is 2. The Labute approximate surface area is 165 Å². The summed E-state index contributed by atoms with van der Waals surface area (Å²) in [4.78, 5) is 0. The van der Waals surface area contributed by atoms with Crippen LogP contribution in [0.15, 0.2) is 47.0 Å². The first-order valence-corrected chi connectivity index (χ1v) is 9.74. The number of pyridine rings is 1. The van der Waals surface area contributed by atoms with Gasteiger partial charge in [-0.05, 0) is 55.5 Å². The fraction of sp³-hybridized carbons (Fsp3) is 0.280. The van der Waals surface area contributed by atoms with Crippen molar-refractivity contribution in [2.45, 2.75) is 34.1 Å². The highest BCUT2D eigenvalue weighted by molar-refractivity contribution is 6.09. The second-order valence-corrected chi connectivity index (χ2v) is 8.13. The summed E-state index contributed by atoms with van der Waals surface area (Å²) in [6.45, 7) is 8.82. The molecule has 0 saturated heterocycles. The molecule has 3 heteroatoms.